The zero-order valence-corrected chi connectivity index (χ0v) is 13.5. The highest BCUT2D eigenvalue weighted by Crippen LogP contribution is 2.28. The van der Waals surface area contributed by atoms with Crippen LogP contribution in [0.15, 0.2) is 16.7 Å². The molecule has 0 aliphatic carbocycles. The summed E-state index contributed by atoms with van der Waals surface area (Å²) in [6.45, 7) is 6.74. The van der Waals surface area contributed by atoms with Crippen LogP contribution in [0.5, 0.6) is 0 Å². The average molecular weight is 343 g/mol. The van der Waals surface area contributed by atoms with Crippen molar-refractivity contribution in [3.8, 4) is 0 Å². The quantitative estimate of drug-likeness (QED) is 0.820. The maximum absolute atomic E-state index is 9.71. The lowest BCUT2D eigenvalue weighted by atomic mass is 10.1. The molecule has 0 radical (unpaired) electrons. The third-order valence-electron chi connectivity index (χ3n) is 3.03. The zero-order chi connectivity index (χ0) is 14.7. The van der Waals surface area contributed by atoms with E-state index in [-0.39, 0.29) is 6.61 Å². The molecule has 20 heavy (non-hydrogen) atoms. The first-order valence-electron chi connectivity index (χ1n) is 6.63. The van der Waals surface area contributed by atoms with Crippen LogP contribution in [0.4, 0.5) is 0 Å². The number of aliphatic hydroxyl groups is 1. The summed E-state index contributed by atoms with van der Waals surface area (Å²) in [6, 6.07) is 2.00. The van der Waals surface area contributed by atoms with Gasteiger partial charge in [-0.2, -0.15) is 5.10 Å². The van der Waals surface area contributed by atoms with E-state index in [1.54, 1.807) is 4.52 Å². The number of aryl methyl sites for hydroxylation is 1. The molecule has 0 fully saturated rings. The van der Waals surface area contributed by atoms with Crippen molar-refractivity contribution in [1.29, 1.82) is 0 Å². The van der Waals surface area contributed by atoms with E-state index in [1.165, 1.54) is 0 Å². The van der Waals surface area contributed by atoms with Crippen LogP contribution in [0.3, 0.4) is 0 Å². The Morgan fingerprint density at radius 3 is 2.55 bits per heavy atom. The van der Waals surface area contributed by atoms with Crippen molar-refractivity contribution in [1.82, 2.24) is 9.61 Å². The number of pyridine rings is 1. The molecular formula is C14H19BrN2O3. The number of hydrogen-bond acceptors (Lipinski definition) is 4. The molecule has 2 aromatic heterocycles. The van der Waals surface area contributed by atoms with Crippen molar-refractivity contribution in [3.63, 3.8) is 0 Å². The van der Waals surface area contributed by atoms with E-state index in [0.29, 0.717) is 18.9 Å². The fourth-order valence-electron chi connectivity index (χ4n) is 2.28. The van der Waals surface area contributed by atoms with Crippen molar-refractivity contribution < 1.29 is 14.6 Å². The van der Waals surface area contributed by atoms with Gasteiger partial charge in [-0.1, -0.05) is 0 Å². The first kappa shape index (κ1) is 15.4. The van der Waals surface area contributed by atoms with Crippen LogP contribution in [0.2, 0.25) is 0 Å². The summed E-state index contributed by atoms with van der Waals surface area (Å²) >= 11 is 3.45. The van der Waals surface area contributed by atoms with E-state index in [1.807, 2.05) is 33.0 Å². The maximum atomic E-state index is 9.71. The van der Waals surface area contributed by atoms with Crippen LogP contribution in [0, 0.1) is 6.92 Å². The van der Waals surface area contributed by atoms with Crippen molar-refractivity contribution in [3.05, 3.63) is 33.6 Å². The first-order chi connectivity index (χ1) is 9.62. The Bertz CT molecular complexity index is 592. The summed E-state index contributed by atoms with van der Waals surface area (Å²) in [6.07, 6.45) is 1.31. The van der Waals surface area contributed by atoms with Crippen LogP contribution in [-0.2, 0) is 16.1 Å². The van der Waals surface area contributed by atoms with E-state index >= 15 is 0 Å². The molecule has 6 heteroatoms. The molecule has 0 aromatic carbocycles. The highest BCUT2D eigenvalue weighted by Gasteiger charge is 2.23. The standard InChI is InChI=1S/C14H19BrN2O3/c1-4-19-14(20-5-2)12-11(8-18)13-9(3)6-10(15)7-17(13)16-12/h6-7,14,18H,4-5,8H2,1-3H3. The number of aromatic nitrogens is 2. The van der Waals surface area contributed by atoms with Gasteiger partial charge in [0.05, 0.1) is 12.1 Å². The Morgan fingerprint density at radius 2 is 2.00 bits per heavy atom. The van der Waals surface area contributed by atoms with E-state index in [0.717, 1.165) is 21.1 Å². The van der Waals surface area contributed by atoms with Crippen molar-refractivity contribution in [2.75, 3.05) is 13.2 Å². The number of hydrogen-bond donors (Lipinski definition) is 1. The van der Waals surface area contributed by atoms with Crippen LogP contribution >= 0.6 is 15.9 Å². The second-order valence-electron chi connectivity index (χ2n) is 4.40. The minimum atomic E-state index is -0.551. The molecule has 0 bridgehead atoms. The number of fused-ring (bicyclic) bond motifs is 1. The largest absolute Gasteiger partial charge is 0.392 e. The lowest BCUT2D eigenvalue weighted by Gasteiger charge is -2.15. The summed E-state index contributed by atoms with van der Waals surface area (Å²) < 4.78 is 13.9. The Balaban J connectivity index is 2.60. The number of rotatable bonds is 6. The van der Waals surface area contributed by atoms with Gasteiger partial charge in [0.2, 0.25) is 6.29 Å². The van der Waals surface area contributed by atoms with E-state index in [4.69, 9.17) is 9.47 Å². The van der Waals surface area contributed by atoms with Gasteiger partial charge in [-0.15, -0.1) is 0 Å². The molecule has 0 spiro atoms. The predicted octanol–water partition coefficient (Wildman–Crippen LogP) is 2.97. The summed E-state index contributed by atoms with van der Waals surface area (Å²) in [5, 5.41) is 14.2. The smallest absolute Gasteiger partial charge is 0.203 e. The highest BCUT2D eigenvalue weighted by molar-refractivity contribution is 9.10. The molecule has 2 heterocycles. The fourth-order valence-corrected chi connectivity index (χ4v) is 2.82. The van der Waals surface area contributed by atoms with Crippen LogP contribution < -0.4 is 0 Å². The molecule has 2 aromatic rings. The second-order valence-corrected chi connectivity index (χ2v) is 5.31. The molecule has 0 aliphatic heterocycles. The van der Waals surface area contributed by atoms with Gasteiger partial charge in [0, 0.05) is 29.4 Å². The second kappa shape index (κ2) is 6.67. The molecule has 0 unspecified atom stereocenters. The minimum Gasteiger partial charge on any atom is -0.392 e. The number of aliphatic hydroxyl groups excluding tert-OH is 1. The van der Waals surface area contributed by atoms with E-state index in [9.17, 15) is 5.11 Å². The van der Waals surface area contributed by atoms with Gasteiger partial charge < -0.3 is 14.6 Å². The maximum Gasteiger partial charge on any atom is 0.203 e. The van der Waals surface area contributed by atoms with Crippen molar-refractivity contribution >= 4 is 21.4 Å². The van der Waals surface area contributed by atoms with Crippen molar-refractivity contribution in [2.24, 2.45) is 0 Å². The molecule has 110 valence electrons. The Kier molecular flexibility index (Phi) is 5.15. The number of halogens is 1. The van der Waals surface area contributed by atoms with Gasteiger partial charge in [0.25, 0.3) is 0 Å². The molecule has 0 saturated heterocycles. The normalized spacial score (nSPS) is 11.7. The lowest BCUT2D eigenvalue weighted by molar-refractivity contribution is -0.143. The molecule has 2 rings (SSSR count). The third-order valence-corrected chi connectivity index (χ3v) is 3.46. The lowest BCUT2D eigenvalue weighted by Crippen LogP contribution is -2.11. The van der Waals surface area contributed by atoms with E-state index in [2.05, 4.69) is 21.0 Å². The van der Waals surface area contributed by atoms with Gasteiger partial charge in [-0.05, 0) is 48.3 Å². The third kappa shape index (κ3) is 2.88. The summed E-state index contributed by atoms with van der Waals surface area (Å²) in [4.78, 5) is 0. The molecule has 0 amide bonds. The highest BCUT2D eigenvalue weighted by atomic mass is 79.9. The van der Waals surface area contributed by atoms with Gasteiger partial charge in [-0.25, -0.2) is 4.52 Å². The van der Waals surface area contributed by atoms with E-state index < -0.39 is 6.29 Å². The Labute approximate surface area is 126 Å². The molecule has 0 atom stereocenters. The molecule has 0 saturated carbocycles. The topological polar surface area (TPSA) is 56.0 Å². The van der Waals surface area contributed by atoms with Crippen LogP contribution in [-0.4, -0.2) is 27.9 Å². The van der Waals surface area contributed by atoms with Crippen LogP contribution in [0.1, 0.15) is 37.0 Å². The van der Waals surface area contributed by atoms with Gasteiger partial charge in [-0.3, -0.25) is 0 Å². The SMILES string of the molecule is CCOC(OCC)c1nn2cc(Br)cc(C)c2c1CO. The molecule has 5 nitrogen and oxygen atoms in total. The Hall–Kier alpha value is -0.950. The molecule has 0 aliphatic rings. The monoisotopic (exact) mass is 342 g/mol. The van der Waals surface area contributed by atoms with Crippen LogP contribution in [0.25, 0.3) is 5.52 Å². The predicted molar refractivity (Wildman–Crippen MR) is 79.5 cm³/mol. The fraction of sp³-hybridized carbons (Fsp3) is 0.500. The van der Waals surface area contributed by atoms with Crippen molar-refractivity contribution in [2.45, 2.75) is 33.7 Å². The summed E-state index contributed by atoms with van der Waals surface area (Å²) in [7, 11) is 0. The molecule has 1 N–H and O–H groups in total. The molecular weight excluding hydrogens is 324 g/mol. The average Bonchev–Trinajstić information content (AvgIpc) is 2.76. The Morgan fingerprint density at radius 1 is 1.35 bits per heavy atom. The van der Waals surface area contributed by atoms with Gasteiger partial charge >= 0.3 is 0 Å². The van der Waals surface area contributed by atoms with Gasteiger partial charge in [0.15, 0.2) is 0 Å². The summed E-state index contributed by atoms with van der Waals surface area (Å²) in [5.41, 5.74) is 3.32. The summed E-state index contributed by atoms with van der Waals surface area (Å²) in [5.74, 6) is 0. The number of nitrogens with zero attached hydrogens (tertiary/aromatic N) is 2. The zero-order valence-electron chi connectivity index (χ0n) is 11.9. The van der Waals surface area contributed by atoms with Gasteiger partial charge in [0.1, 0.15) is 5.69 Å². The minimum absolute atomic E-state index is 0.0993. The first-order valence-corrected chi connectivity index (χ1v) is 7.42. The number of ether oxygens (including phenoxy) is 2.